The smallest absolute Gasteiger partial charge is 0.419 e. The number of nitrogens with one attached hydrogen (secondary N) is 1. The summed E-state index contributed by atoms with van der Waals surface area (Å²) in [7, 11) is 1.27. The lowest BCUT2D eigenvalue weighted by Crippen LogP contribution is -2.18. The maximum atomic E-state index is 12.9. The second-order valence-electron chi connectivity index (χ2n) is 4.60. The van der Waals surface area contributed by atoms with Crippen LogP contribution in [0.25, 0.3) is 0 Å². The van der Waals surface area contributed by atoms with Gasteiger partial charge in [0.2, 0.25) is 0 Å². The van der Waals surface area contributed by atoms with Gasteiger partial charge in [0.1, 0.15) is 5.75 Å². The average Bonchev–Trinajstić information content (AvgIpc) is 2.48. The third kappa shape index (κ3) is 2.46. The molecule has 1 aromatic carbocycles. The monoisotopic (exact) mass is 259 g/mol. The van der Waals surface area contributed by atoms with Crippen LogP contribution in [0.4, 0.5) is 13.2 Å². The van der Waals surface area contributed by atoms with Crippen molar-refractivity contribution in [1.82, 2.24) is 5.32 Å². The van der Waals surface area contributed by atoms with E-state index in [9.17, 15) is 13.2 Å². The largest absolute Gasteiger partial charge is 0.496 e. The van der Waals surface area contributed by atoms with E-state index in [0.717, 1.165) is 24.1 Å². The molecule has 1 aromatic rings. The summed E-state index contributed by atoms with van der Waals surface area (Å²) >= 11 is 0. The molecule has 0 aliphatic carbocycles. The molecule has 0 spiro atoms. The van der Waals surface area contributed by atoms with Crippen LogP contribution in [0.1, 0.15) is 29.5 Å². The minimum absolute atomic E-state index is 0.0782. The van der Waals surface area contributed by atoms with Crippen LogP contribution >= 0.6 is 0 Å². The van der Waals surface area contributed by atoms with Crippen molar-refractivity contribution in [3.05, 3.63) is 28.8 Å². The van der Waals surface area contributed by atoms with Crippen LogP contribution in [0, 0.1) is 0 Å². The van der Waals surface area contributed by atoms with Crippen LogP contribution in [0.2, 0.25) is 0 Å². The van der Waals surface area contributed by atoms with E-state index in [1.165, 1.54) is 19.2 Å². The van der Waals surface area contributed by atoms with Gasteiger partial charge in [-0.3, -0.25) is 0 Å². The van der Waals surface area contributed by atoms with Gasteiger partial charge in [0.15, 0.2) is 0 Å². The predicted molar refractivity (Wildman–Crippen MR) is 63.0 cm³/mol. The topological polar surface area (TPSA) is 21.3 Å². The summed E-state index contributed by atoms with van der Waals surface area (Å²) < 4.78 is 43.7. The lowest BCUT2D eigenvalue weighted by Gasteiger charge is -2.18. The van der Waals surface area contributed by atoms with E-state index in [1.54, 1.807) is 0 Å². The van der Waals surface area contributed by atoms with E-state index in [-0.39, 0.29) is 11.7 Å². The Morgan fingerprint density at radius 2 is 2.06 bits per heavy atom. The van der Waals surface area contributed by atoms with E-state index >= 15 is 0 Å². The lowest BCUT2D eigenvalue weighted by atomic mass is 9.92. The van der Waals surface area contributed by atoms with Gasteiger partial charge >= 0.3 is 6.18 Å². The number of fused-ring (bicyclic) bond motifs is 1. The van der Waals surface area contributed by atoms with E-state index in [4.69, 9.17) is 4.74 Å². The highest BCUT2D eigenvalue weighted by molar-refractivity contribution is 5.46. The Balaban J connectivity index is 2.56. The molecule has 1 aliphatic heterocycles. The van der Waals surface area contributed by atoms with Gasteiger partial charge in [-0.25, -0.2) is 0 Å². The predicted octanol–water partition coefficient (Wildman–Crippen LogP) is 2.96. The number of halogens is 3. The maximum Gasteiger partial charge on any atom is 0.419 e. The quantitative estimate of drug-likeness (QED) is 0.837. The molecule has 1 atom stereocenters. The summed E-state index contributed by atoms with van der Waals surface area (Å²) in [4.78, 5) is 0. The number of ether oxygens (including phenoxy) is 1. The Hall–Kier alpha value is -1.23. The summed E-state index contributed by atoms with van der Waals surface area (Å²) in [5, 5.41) is 3.22. The Morgan fingerprint density at radius 3 is 2.67 bits per heavy atom. The second kappa shape index (κ2) is 4.80. The zero-order chi connectivity index (χ0) is 13.3. The summed E-state index contributed by atoms with van der Waals surface area (Å²) in [5.41, 5.74) is 1.03. The first-order valence-corrected chi connectivity index (χ1v) is 5.92. The summed E-state index contributed by atoms with van der Waals surface area (Å²) in [5.74, 6) is -0.00939. The van der Waals surface area contributed by atoms with E-state index in [0.29, 0.717) is 6.54 Å². The fourth-order valence-electron chi connectivity index (χ4n) is 2.36. The summed E-state index contributed by atoms with van der Waals surface area (Å²) in [6.07, 6.45) is -3.64. The van der Waals surface area contributed by atoms with Gasteiger partial charge in [-0.05, 0) is 42.1 Å². The van der Waals surface area contributed by atoms with Crippen molar-refractivity contribution in [2.24, 2.45) is 0 Å². The minimum Gasteiger partial charge on any atom is -0.496 e. The van der Waals surface area contributed by atoms with E-state index < -0.39 is 11.7 Å². The fraction of sp³-hybridized carbons (Fsp3) is 0.538. The highest BCUT2D eigenvalue weighted by Gasteiger charge is 2.35. The van der Waals surface area contributed by atoms with Gasteiger partial charge in [-0.2, -0.15) is 13.2 Å². The highest BCUT2D eigenvalue weighted by Crippen LogP contribution is 2.39. The molecular weight excluding hydrogens is 243 g/mol. The van der Waals surface area contributed by atoms with Gasteiger partial charge in [-0.1, -0.05) is 6.92 Å². The van der Waals surface area contributed by atoms with Crippen molar-refractivity contribution in [3.8, 4) is 5.75 Å². The molecule has 1 heterocycles. The third-order valence-electron chi connectivity index (χ3n) is 3.32. The van der Waals surface area contributed by atoms with Gasteiger partial charge in [0.05, 0.1) is 12.7 Å². The molecule has 2 rings (SSSR count). The number of methoxy groups -OCH3 is 1. The first kappa shape index (κ1) is 13.2. The van der Waals surface area contributed by atoms with E-state index in [2.05, 4.69) is 5.32 Å². The molecule has 0 saturated carbocycles. The molecule has 2 nitrogen and oxygen atoms in total. The van der Waals surface area contributed by atoms with Crippen molar-refractivity contribution in [1.29, 1.82) is 0 Å². The molecule has 0 amide bonds. The molecule has 1 aliphatic rings. The number of rotatable bonds is 1. The third-order valence-corrected chi connectivity index (χ3v) is 3.32. The van der Waals surface area contributed by atoms with Crippen LogP contribution in [0.3, 0.4) is 0 Å². The van der Waals surface area contributed by atoms with Gasteiger partial charge in [-0.15, -0.1) is 0 Å². The Labute approximate surface area is 104 Å². The number of hydrogen-bond donors (Lipinski definition) is 1. The molecule has 0 unspecified atom stereocenters. The molecule has 0 aromatic heterocycles. The zero-order valence-electron chi connectivity index (χ0n) is 10.4. The minimum atomic E-state index is -4.38. The summed E-state index contributed by atoms with van der Waals surface area (Å²) in [6.45, 7) is 3.42. The molecule has 5 heteroatoms. The van der Waals surface area contributed by atoms with Crippen LogP contribution < -0.4 is 10.1 Å². The lowest BCUT2D eigenvalue weighted by molar-refractivity contribution is -0.138. The van der Waals surface area contributed by atoms with Crippen LogP contribution in [0.15, 0.2) is 12.1 Å². The molecule has 0 saturated heterocycles. The van der Waals surface area contributed by atoms with Crippen LogP contribution in [-0.2, 0) is 12.6 Å². The molecule has 18 heavy (non-hydrogen) atoms. The van der Waals surface area contributed by atoms with Gasteiger partial charge in [0.25, 0.3) is 0 Å². The maximum absolute atomic E-state index is 12.9. The molecule has 0 bridgehead atoms. The number of alkyl halides is 3. The molecule has 0 fully saturated rings. The second-order valence-corrected chi connectivity index (χ2v) is 4.60. The van der Waals surface area contributed by atoms with Crippen molar-refractivity contribution in [2.75, 3.05) is 20.2 Å². The molecular formula is C13H16F3NO. The fourth-order valence-corrected chi connectivity index (χ4v) is 2.36. The van der Waals surface area contributed by atoms with Crippen molar-refractivity contribution in [3.63, 3.8) is 0 Å². The van der Waals surface area contributed by atoms with Crippen LogP contribution in [-0.4, -0.2) is 20.2 Å². The van der Waals surface area contributed by atoms with Crippen molar-refractivity contribution in [2.45, 2.75) is 25.4 Å². The Morgan fingerprint density at radius 1 is 1.33 bits per heavy atom. The Bertz CT molecular complexity index is 443. The van der Waals surface area contributed by atoms with Gasteiger partial charge < -0.3 is 10.1 Å². The zero-order valence-corrected chi connectivity index (χ0v) is 10.4. The molecule has 100 valence electrons. The van der Waals surface area contributed by atoms with Crippen LogP contribution in [0.5, 0.6) is 5.75 Å². The number of hydrogen-bond acceptors (Lipinski definition) is 2. The molecule has 1 N–H and O–H groups in total. The molecule has 0 radical (unpaired) electrons. The Kier molecular flexibility index (Phi) is 3.52. The standard InChI is InChI=1S/C13H16F3NO/c1-8-7-17-4-3-9-5-12(18-2)11(6-10(8)9)13(14,15)16/h5-6,8,17H,3-4,7H2,1-2H3/t8-/m0/s1. The SMILES string of the molecule is COc1cc2c(cc1C(F)(F)F)[C@@H](C)CNCC2. The normalized spacial score (nSPS) is 20.2. The van der Waals surface area contributed by atoms with Crippen molar-refractivity contribution < 1.29 is 17.9 Å². The first-order valence-electron chi connectivity index (χ1n) is 5.92. The first-order chi connectivity index (χ1) is 8.43. The highest BCUT2D eigenvalue weighted by atomic mass is 19.4. The number of benzene rings is 1. The average molecular weight is 259 g/mol. The summed E-state index contributed by atoms with van der Waals surface area (Å²) in [6, 6.07) is 2.77. The van der Waals surface area contributed by atoms with Gasteiger partial charge in [0, 0.05) is 6.54 Å². The van der Waals surface area contributed by atoms with E-state index in [1.807, 2.05) is 6.92 Å². The van der Waals surface area contributed by atoms with Crippen molar-refractivity contribution >= 4 is 0 Å².